The number of hydrogen-bond donors (Lipinski definition) is 1. The molecule has 0 aromatic heterocycles. The third kappa shape index (κ3) is 3.36. The van der Waals surface area contributed by atoms with Crippen LogP contribution in [0.25, 0.3) is 0 Å². The lowest BCUT2D eigenvalue weighted by Gasteiger charge is -2.25. The lowest BCUT2D eigenvalue weighted by atomic mass is 10.1. The number of nitrogens with one attached hydrogen (secondary N) is 1. The molecule has 2 rings (SSSR count). The average molecular weight is 381 g/mol. The van der Waals surface area contributed by atoms with E-state index in [4.69, 9.17) is 0 Å². The van der Waals surface area contributed by atoms with E-state index in [9.17, 15) is 4.79 Å². The molecule has 1 saturated heterocycles. The van der Waals surface area contributed by atoms with Gasteiger partial charge < -0.3 is 10.2 Å². The Bertz CT molecular complexity index is 414. The fraction of sp³-hybridized carbons (Fsp3) is 0.462. The molecule has 1 heterocycles. The minimum Gasteiger partial charge on any atom is -0.334 e. The molecule has 18 heavy (non-hydrogen) atoms. The molecule has 5 heteroatoms. The molecule has 1 unspecified atom stereocenters. The van der Waals surface area contributed by atoms with E-state index < -0.39 is 0 Å². The number of amides is 1. The molecule has 1 fully saturated rings. The molecule has 100 valence electrons. The molecule has 0 spiro atoms. The minimum absolute atomic E-state index is 0. The summed E-state index contributed by atoms with van der Waals surface area (Å²) in [7, 11) is 1.94. The van der Waals surface area contributed by atoms with Gasteiger partial charge in [-0.05, 0) is 54.6 Å². The molecule has 1 amide bonds. The highest BCUT2D eigenvalue weighted by Crippen LogP contribution is 2.21. The number of likely N-dealkylation sites (tertiary alicyclic amines) is 1. The molecular weight excluding hydrogens is 363 g/mol. The molecule has 1 aromatic carbocycles. The molecule has 1 aromatic rings. The Kier molecular flexibility index (Phi) is 6.38. The Labute approximate surface area is 128 Å². The molecule has 1 aliphatic heterocycles. The number of likely N-dealkylation sites (N-methyl/N-ethyl adjacent to an activating group) is 1. The van der Waals surface area contributed by atoms with Crippen molar-refractivity contribution in [1.82, 2.24) is 10.2 Å². The van der Waals surface area contributed by atoms with Crippen molar-refractivity contribution < 1.29 is 4.79 Å². The van der Waals surface area contributed by atoms with Crippen molar-refractivity contribution in [2.75, 3.05) is 20.1 Å². The molecular formula is C13H18ClIN2O. The fourth-order valence-electron chi connectivity index (χ4n) is 2.34. The molecule has 1 atom stereocenters. The molecule has 0 radical (unpaired) electrons. The van der Waals surface area contributed by atoms with Gasteiger partial charge in [-0.1, -0.05) is 12.1 Å². The Morgan fingerprint density at radius 2 is 2.22 bits per heavy atom. The first kappa shape index (κ1) is 15.7. The van der Waals surface area contributed by atoms with Crippen LogP contribution < -0.4 is 5.32 Å². The van der Waals surface area contributed by atoms with Gasteiger partial charge in [0.15, 0.2) is 0 Å². The number of nitrogens with zero attached hydrogens (tertiary/aromatic N) is 1. The zero-order valence-electron chi connectivity index (χ0n) is 10.4. The first-order valence-electron chi connectivity index (χ1n) is 5.94. The standard InChI is InChI=1S/C13H17IN2O.ClH/c1-15-9-10-5-4-8-16(10)13(17)11-6-2-3-7-12(11)14;/h2-3,6-7,10,15H,4-5,8-9H2,1H3;1H. The Hall–Kier alpha value is -0.330. The summed E-state index contributed by atoms with van der Waals surface area (Å²) in [5.41, 5.74) is 0.830. The van der Waals surface area contributed by atoms with Crippen molar-refractivity contribution in [1.29, 1.82) is 0 Å². The Morgan fingerprint density at radius 1 is 1.50 bits per heavy atom. The summed E-state index contributed by atoms with van der Waals surface area (Å²) in [6.07, 6.45) is 2.22. The number of carbonyl (C=O) groups excluding carboxylic acids is 1. The fourth-order valence-corrected chi connectivity index (χ4v) is 2.96. The van der Waals surface area contributed by atoms with Crippen LogP contribution in [0.5, 0.6) is 0 Å². The van der Waals surface area contributed by atoms with Gasteiger partial charge in [0.2, 0.25) is 0 Å². The summed E-state index contributed by atoms with van der Waals surface area (Å²) < 4.78 is 1.03. The van der Waals surface area contributed by atoms with Crippen LogP contribution in [-0.2, 0) is 0 Å². The normalized spacial score (nSPS) is 18.6. The van der Waals surface area contributed by atoms with Gasteiger partial charge in [-0.3, -0.25) is 4.79 Å². The monoisotopic (exact) mass is 380 g/mol. The van der Waals surface area contributed by atoms with Crippen LogP contribution in [0, 0.1) is 3.57 Å². The summed E-state index contributed by atoms with van der Waals surface area (Å²) in [5, 5.41) is 3.16. The van der Waals surface area contributed by atoms with Gasteiger partial charge in [-0.2, -0.15) is 0 Å². The molecule has 0 aliphatic carbocycles. The molecule has 1 N–H and O–H groups in total. The zero-order valence-corrected chi connectivity index (χ0v) is 13.3. The number of rotatable bonds is 3. The van der Waals surface area contributed by atoms with Gasteiger partial charge in [-0.25, -0.2) is 0 Å². The summed E-state index contributed by atoms with van der Waals surface area (Å²) in [4.78, 5) is 14.5. The number of halogens is 2. The summed E-state index contributed by atoms with van der Waals surface area (Å²) >= 11 is 2.23. The predicted molar refractivity (Wildman–Crippen MR) is 84.4 cm³/mol. The first-order valence-corrected chi connectivity index (χ1v) is 7.02. The van der Waals surface area contributed by atoms with E-state index in [1.807, 2.05) is 36.2 Å². The average Bonchev–Trinajstić information content (AvgIpc) is 2.78. The number of hydrogen-bond acceptors (Lipinski definition) is 2. The molecule has 3 nitrogen and oxygen atoms in total. The van der Waals surface area contributed by atoms with Crippen LogP contribution in [0.3, 0.4) is 0 Å². The van der Waals surface area contributed by atoms with Crippen LogP contribution in [0.2, 0.25) is 0 Å². The van der Waals surface area contributed by atoms with Crippen LogP contribution in [0.4, 0.5) is 0 Å². The van der Waals surface area contributed by atoms with E-state index in [1.165, 1.54) is 0 Å². The van der Waals surface area contributed by atoms with Crippen LogP contribution in [0.15, 0.2) is 24.3 Å². The summed E-state index contributed by atoms with van der Waals surface area (Å²) in [6, 6.07) is 8.14. The molecule has 0 saturated carbocycles. The van der Waals surface area contributed by atoms with E-state index in [0.29, 0.717) is 6.04 Å². The van der Waals surface area contributed by atoms with Crippen molar-refractivity contribution in [3.05, 3.63) is 33.4 Å². The highest BCUT2D eigenvalue weighted by Gasteiger charge is 2.29. The van der Waals surface area contributed by atoms with Gasteiger partial charge in [0.1, 0.15) is 0 Å². The van der Waals surface area contributed by atoms with Crippen molar-refractivity contribution in [3.63, 3.8) is 0 Å². The predicted octanol–water partition coefficient (Wildman–Crippen LogP) is 2.54. The zero-order chi connectivity index (χ0) is 12.3. The highest BCUT2D eigenvalue weighted by molar-refractivity contribution is 14.1. The maximum Gasteiger partial charge on any atom is 0.255 e. The second-order valence-electron chi connectivity index (χ2n) is 4.33. The maximum atomic E-state index is 12.4. The van der Waals surface area contributed by atoms with Crippen LogP contribution >= 0.6 is 35.0 Å². The third-order valence-electron chi connectivity index (χ3n) is 3.18. The summed E-state index contributed by atoms with van der Waals surface area (Å²) in [6.45, 7) is 1.77. The van der Waals surface area contributed by atoms with E-state index in [-0.39, 0.29) is 18.3 Å². The van der Waals surface area contributed by atoms with E-state index in [0.717, 1.165) is 35.1 Å². The van der Waals surface area contributed by atoms with Crippen LogP contribution in [0.1, 0.15) is 23.2 Å². The van der Waals surface area contributed by atoms with Crippen LogP contribution in [-0.4, -0.2) is 37.0 Å². The second kappa shape index (κ2) is 7.31. The van der Waals surface area contributed by atoms with Gasteiger partial charge in [0.05, 0.1) is 5.56 Å². The number of carbonyl (C=O) groups is 1. The largest absolute Gasteiger partial charge is 0.334 e. The lowest BCUT2D eigenvalue weighted by molar-refractivity contribution is 0.0736. The maximum absolute atomic E-state index is 12.4. The minimum atomic E-state index is 0. The van der Waals surface area contributed by atoms with Crippen molar-refractivity contribution >= 4 is 40.9 Å². The van der Waals surface area contributed by atoms with Crippen molar-refractivity contribution in [3.8, 4) is 0 Å². The SMILES string of the molecule is CNCC1CCCN1C(=O)c1ccccc1I.Cl. The second-order valence-corrected chi connectivity index (χ2v) is 5.49. The topological polar surface area (TPSA) is 32.3 Å². The lowest BCUT2D eigenvalue weighted by Crippen LogP contribution is -2.41. The Balaban J connectivity index is 0.00000162. The van der Waals surface area contributed by atoms with Gasteiger partial charge in [-0.15, -0.1) is 12.4 Å². The summed E-state index contributed by atoms with van der Waals surface area (Å²) in [5.74, 6) is 0.174. The van der Waals surface area contributed by atoms with E-state index in [2.05, 4.69) is 27.9 Å². The molecule has 1 aliphatic rings. The Morgan fingerprint density at radius 3 is 2.89 bits per heavy atom. The van der Waals surface area contributed by atoms with Crippen molar-refractivity contribution in [2.45, 2.75) is 18.9 Å². The highest BCUT2D eigenvalue weighted by atomic mass is 127. The first-order chi connectivity index (χ1) is 8.24. The van der Waals surface area contributed by atoms with Gasteiger partial charge in [0, 0.05) is 22.7 Å². The van der Waals surface area contributed by atoms with Gasteiger partial charge >= 0.3 is 0 Å². The van der Waals surface area contributed by atoms with Crippen molar-refractivity contribution in [2.24, 2.45) is 0 Å². The third-order valence-corrected chi connectivity index (χ3v) is 4.12. The number of benzene rings is 1. The van der Waals surface area contributed by atoms with E-state index >= 15 is 0 Å². The van der Waals surface area contributed by atoms with Gasteiger partial charge in [0.25, 0.3) is 5.91 Å². The molecule has 0 bridgehead atoms. The quantitative estimate of drug-likeness (QED) is 0.818. The van der Waals surface area contributed by atoms with E-state index in [1.54, 1.807) is 0 Å². The smallest absolute Gasteiger partial charge is 0.255 e.